The average molecular weight is 456 g/mol. The lowest BCUT2D eigenvalue weighted by Gasteiger charge is -2.19. The normalized spacial score (nSPS) is 12.1. The zero-order valence-electron chi connectivity index (χ0n) is 17.1. The summed E-state index contributed by atoms with van der Waals surface area (Å²) >= 11 is 0. The predicted molar refractivity (Wildman–Crippen MR) is 117 cm³/mol. The molecule has 0 bridgehead atoms. The summed E-state index contributed by atoms with van der Waals surface area (Å²) < 4.78 is 46.0. The molecule has 7 nitrogen and oxygen atoms in total. The Balaban J connectivity index is 1.90. The third kappa shape index (κ3) is 5.77. The first-order valence-corrected chi connectivity index (χ1v) is 11.1. The molecular formula is C23H21FN2O5S. The number of nitrogens with one attached hydrogen (secondary N) is 2. The molecule has 0 aliphatic heterocycles. The van der Waals surface area contributed by atoms with E-state index in [1.807, 2.05) is 0 Å². The molecule has 0 aromatic heterocycles. The molecule has 0 heterocycles. The summed E-state index contributed by atoms with van der Waals surface area (Å²) in [5.41, 5.74) is 1.03. The van der Waals surface area contributed by atoms with Crippen molar-refractivity contribution in [2.75, 3.05) is 12.4 Å². The molecule has 0 aliphatic carbocycles. The van der Waals surface area contributed by atoms with Crippen LogP contribution < -0.4 is 10.0 Å². The smallest absolute Gasteiger partial charge is 0.339 e. The second-order valence-corrected chi connectivity index (χ2v) is 8.56. The molecule has 0 saturated carbocycles. The quantitative estimate of drug-likeness (QED) is 0.507. The number of halogens is 1. The van der Waals surface area contributed by atoms with E-state index in [9.17, 15) is 22.4 Å². The summed E-state index contributed by atoms with van der Waals surface area (Å²) in [4.78, 5) is 24.9. The standard InChI is InChI=1S/C23H21FN2O5S/c1-31-23(28)19-9-5-6-10-20(19)25-22(27)21(15-16-7-3-2-4-8-16)26-32(29,30)18-13-11-17(24)12-14-18/h2-14,21,26H,15H2,1H3,(H,25,27)/t21-/m0/s1. The number of sulfonamides is 1. The zero-order chi connectivity index (χ0) is 23.1. The van der Waals surface area contributed by atoms with Gasteiger partial charge in [0, 0.05) is 0 Å². The number of amides is 1. The largest absolute Gasteiger partial charge is 0.465 e. The Morgan fingerprint density at radius 1 is 0.938 bits per heavy atom. The molecule has 9 heteroatoms. The maximum atomic E-state index is 13.2. The third-order valence-electron chi connectivity index (χ3n) is 4.61. The number of methoxy groups -OCH3 is 1. The molecule has 166 valence electrons. The highest BCUT2D eigenvalue weighted by Crippen LogP contribution is 2.18. The van der Waals surface area contributed by atoms with Gasteiger partial charge in [0.2, 0.25) is 15.9 Å². The van der Waals surface area contributed by atoms with Crippen LogP contribution in [0.5, 0.6) is 0 Å². The monoisotopic (exact) mass is 456 g/mol. The highest BCUT2D eigenvalue weighted by atomic mass is 32.2. The van der Waals surface area contributed by atoms with Gasteiger partial charge in [0.15, 0.2) is 0 Å². The molecule has 1 amide bonds. The molecular weight excluding hydrogens is 435 g/mol. The predicted octanol–water partition coefficient (Wildman–Crippen LogP) is 3.14. The van der Waals surface area contributed by atoms with Crippen LogP contribution in [0.3, 0.4) is 0 Å². The van der Waals surface area contributed by atoms with Crippen LogP contribution in [0.2, 0.25) is 0 Å². The van der Waals surface area contributed by atoms with E-state index in [1.165, 1.54) is 19.2 Å². The van der Waals surface area contributed by atoms with Gasteiger partial charge in [-0.25, -0.2) is 17.6 Å². The van der Waals surface area contributed by atoms with Crippen molar-refractivity contribution >= 4 is 27.6 Å². The van der Waals surface area contributed by atoms with E-state index in [2.05, 4.69) is 10.0 Å². The lowest BCUT2D eigenvalue weighted by Crippen LogP contribution is -2.45. The van der Waals surface area contributed by atoms with E-state index in [0.717, 1.165) is 29.8 Å². The topological polar surface area (TPSA) is 102 Å². The Labute approximate surface area is 185 Å². The van der Waals surface area contributed by atoms with Gasteiger partial charge in [-0.2, -0.15) is 4.72 Å². The Bertz CT molecular complexity index is 1200. The van der Waals surface area contributed by atoms with Crippen LogP contribution in [0.1, 0.15) is 15.9 Å². The number of benzene rings is 3. The van der Waals surface area contributed by atoms with Crippen LogP contribution in [0.15, 0.2) is 83.8 Å². The molecule has 0 spiro atoms. The Kier molecular flexibility index (Phi) is 7.34. The zero-order valence-corrected chi connectivity index (χ0v) is 17.9. The fourth-order valence-corrected chi connectivity index (χ4v) is 4.20. The maximum absolute atomic E-state index is 13.2. The number of esters is 1. The number of ether oxygens (including phenoxy) is 1. The van der Waals surface area contributed by atoms with Gasteiger partial charge in [0.25, 0.3) is 0 Å². The minimum absolute atomic E-state index is 0.0491. The van der Waals surface area contributed by atoms with Crippen LogP contribution in [-0.4, -0.2) is 33.4 Å². The van der Waals surface area contributed by atoms with Gasteiger partial charge in [-0.3, -0.25) is 4.79 Å². The number of rotatable bonds is 8. The molecule has 32 heavy (non-hydrogen) atoms. The highest BCUT2D eigenvalue weighted by molar-refractivity contribution is 7.89. The Hall–Kier alpha value is -3.56. The number of hydrogen-bond acceptors (Lipinski definition) is 5. The number of carbonyl (C=O) groups is 2. The van der Waals surface area contributed by atoms with Crippen molar-refractivity contribution in [3.63, 3.8) is 0 Å². The first kappa shape index (κ1) is 23.1. The number of hydrogen-bond donors (Lipinski definition) is 2. The second kappa shape index (κ2) is 10.2. The van der Waals surface area contributed by atoms with Crippen LogP contribution >= 0.6 is 0 Å². The van der Waals surface area contributed by atoms with Crippen molar-refractivity contribution in [2.24, 2.45) is 0 Å². The highest BCUT2D eigenvalue weighted by Gasteiger charge is 2.27. The van der Waals surface area contributed by atoms with Gasteiger partial charge in [0.1, 0.15) is 11.9 Å². The maximum Gasteiger partial charge on any atom is 0.339 e. The first-order valence-electron chi connectivity index (χ1n) is 9.60. The second-order valence-electron chi connectivity index (χ2n) is 6.84. The summed E-state index contributed by atoms with van der Waals surface area (Å²) in [6, 6.07) is 18.1. The molecule has 2 N–H and O–H groups in total. The number of para-hydroxylation sites is 1. The van der Waals surface area contributed by atoms with Crippen molar-refractivity contribution in [1.82, 2.24) is 4.72 Å². The van der Waals surface area contributed by atoms with E-state index in [-0.39, 0.29) is 22.6 Å². The fraction of sp³-hybridized carbons (Fsp3) is 0.130. The molecule has 0 fully saturated rings. The van der Waals surface area contributed by atoms with Gasteiger partial charge in [0.05, 0.1) is 23.3 Å². The van der Waals surface area contributed by atoms with E-state index in [1.54, 1.807) is 42.5 Å². The minimum Gasteiger partial charge on any atom is -0.465 e. The van der Waals surface area contributed by atoms with Gasteiger partial charge in [-0.1, -0.05) is 42.5 Å². The molecule has 3 rings (SSSR count). The molecule has 0 radical (unpaired) electrons. The third-order valence-corrected chi connectivity index (χ3v) is 6.10. The van der Waals surface area contributed by atoms with E-state index < -0.39 is 33.8 Å². The van der Waals surface area contributed by atoms with E-state index >= 15 is 0 Å². The van der Waals surface area contributed by atoms with Crippen molar-refractivity contribution < 1.29 is 27.1 Å². The van der Waals surface area contributed by atoms with Gasteiger partial charge >= 0.3 is 5.97 Å². The lowest BCUT2D eigenvalue weighted by molar-refractivity contribution is -0.117. The molecule has 3 aromatic carbocycles. The van der Waals surface area contributed by atoms with Crippen LogP contribution in [-0.2, 0) is 26.0 Å². The van der Waals surface area contributed by atoms with Crippen molar-refractivity contribution in [2.45, 2.75) is 17.4 Å². The summed E-state index contributed by atoms with van der Waals surface area (Å²) in [5.74, 6) is -1.90. The van der Waals surface area contributed by atoms with Gasteiger partial charge in [-0.15, -0.1) is 0 Å². The summed E-state index contributed by atoms with van der Waals surface area (Å²) in [5, 5.41) is 2.60. The average Bonchev–Trinajstić information content (AvgIpc) is 2.79. The Morgan fingerprint density at radius 2 is 1.56 bits per heavy atom. The van der Waals surface area contributed by atoms with E-state index in [4.69, 9.17) is 4.74 Å². The van der Waals surface area contributed by atoms with E-state index in [0.29, 0.717) is 0 Å². The molecule has 0 saturated heterocycles. The van der Waals surface area contributed by atoms with Crippen LogP contribution in [0.25, 0.3) is 0 Å². The lowest BCUT2D eigenvalue weighted by atomic mass is 10.1. The summed E-state index contributed by atoms with van der Waals surface area (Å²) in [6.45, 7) is 0. The minimum atomic E-state index is -4.13. The summed E-state index contributed by atoms with van der Waals surface area (Å²) in [7, 11) is -2.92. The molecule has 1 atom stereocenters. The molecule has 0 aliphatic rings. The fourth-order valence-electron chi connectivity index (χ4n) is 3.01. The van der Waals surface area contributed by atoms with Crippen LogP contribution in [0, 0.1) is 5.82 Å². The number of carbonyl (C=O) groups excluding carboxylic acids is 2. The Morgan fingerprint density at radius 3 is 2.22 bits per heavy atom. The molecule has 0 unspecified atom stereocenters. The molecule has 3 aromatic rings. The van der Waals surface area contributed by atoms with Crippen molar-refractivity contribution in [3.8, 4) is 0 Å². The van der Waals surface area contributed by atoms with Crippen molar-refractivity contribution in [3.05, 3.63) is 95.8 Å². The van der Waals surface area contributed by atoms with Crippen LogP contribution in [0.4, 0.5) is 10.1 Å². The SMILES string of the molecule is COC(=O)c1ccccc1NC(=O)[C@H](Cc1ccccc1)NS(=O)(=O)c1ccc(F)cc1. The van der Waals surface area contributed by atoms with Gasteiger partial charge in [-0.05, 0) is 48.4 Å². The number of anilines is 1. The van der Waals surface area contributed by atoms with Crippen molar-refractivity contribution in [1.29, 1.82) is 0 Å². The van der Waals surface area contributed by atoms with Gasteiger partial charge < -0.3 is 10.1 Å². The first-order chi connectivity index (χ1) is 15.3. The summed E-state index contributed by atoms with van der Waals surface area (Å²) in [6.07, 6.45) is 0.0491.